The number of hydrogen-bond acceptors (Lipinski definition) is 5. The van der Waals surface area contributed by atoms with Crippen LogP contribution in [0.3, 0.4) is 0 Å². The van der Waals surface area contributed by atoms with Crippen molar-refractivity contribution in [3.63, 3.8) is 0 Å². The van der Waals surface area contributed by atoms with Gasteiger partial charge in [0, 0.05) is 0 Å². The zero-order chi connectivity index (χ0) is 25.5. The number of ether oxygens (including phenoxy) is 1. The zero-order valence-corrected chi connectivity index (χ0v) is 22.0. The van der Waals surface area contributed by atoms with Crippen LogP contribution in [0.25, 0.3) is 0 Å². The van der Waals surface area contributed by atoms with E-state index < -0.39 is 17.9 Å². The van der Waals surface area contributed by atoms with Crippen molar-refractivity contribution >= 4 is 28.0 Å². The summed E-state index contributed by atoms with van der Waals surface area (Å²) >= 11 is 1.02. The first-order valence-corrected chi connectivity index (χ1v) is 12.7. The fourth-order valence-corrected chi connectivity index (χ4v) is 4.57. The summed E-state index contributed by atoms with van der Waals surface area (Å²) < 4.78 is 29.5. The highest BCUT2D eigenvalue weighted by atomic mass is 32.1. The molecule has 4 N–H and O–H groups in total. The Hall–Kier alpha value is -1.54. The molecule has 1 heterocycles. The molecule has 1 amide bonds. The number of carbonyl (C=O) groups is 2. The summed E-state index contributed by atoms with van der Waals surface area (Å²) in [5, 5.41) is 0.216. The molecular formula is C24H44F2N2O3S. The number of nitrogen functional groups attached to an aromatic ring is 1. The van der Waals surface area contributed by atoms with Crippen LogP contribution in [-0.2, 0) is 11.2 Å². The van der Waals surface area contributed by atoms with E-state index in [1.807, 2.05) is 41.5 Å². The molecule has 0 radical (unpaired) electrons. The average Bonchev–Trinajstić information content (AvgIpc) is 3.53. The minimum absolute atomic E-state index is 0.202. The molecule has 0 spiro atoms. The molecule has 0 bridgehead atoms. The number of hydrogen-bond donors (Lipinski definition) is 2. The number of halogens is 2. The van der Waals surface area contributed by atoms with E-state index in [-0.39, 0.29) is 23.0 Å². The highest BCUT2D eigenvalue weighted by Gasteiger charge is 2.48. The van der Waals surface area contributed by atoms with Crippen LogP contribution in [0.5, 0.6) is 0 Å². The minimum atomic E-state index is -2.91. The number of amides is 1. The number of rotatable bonds is 6. The molecule has 5 nitrogen and oxygen atoms in total. The number of anilines is 1. The number of ketones is 1. The predicted molar refractivity (Wildman–Crippen MR) is 132 cm³/mol. The van der Waals surface area contributed by atoms with Gasteiger partial charge in [-0.1, -0.05) is 74.7 Å². The summed E-state index contributed by atoms with van der Waals surface area (Å²) in [4.78, 5) is 24.9. The second-order valence-corrected chi connectivity index (χ2v) is 8.10. The number of Topliss-reactive ketones (excluding diaryl/α,β-unsaturated/α-hetero) is 1. The number of fused-ring (bicyclic) bond motifs is 1. The van der Waals surface area contributed by atoms with E-state index in [4.69, 9.17) is 11.5 Å². The maximum atomic E-state index is 13.0. The van der Waals surface area contributed by atoms with Crippen molar-refractivity contribution in [2.24, 2.45) is 17.1 Å². The maximum absolute atomic E-state index is 13.0. The number of primary amides is 1. The molecule has 1 atom stereocenters. The van der Waals surface area contributed by atoms with E-state index in [0.29, 0.717) is 35.6 Å². The lowest BCUT2D eigenvalue weighted by Crippen LogP contribution is -2.41. The Bertz CT molecular complexity index is 676. The Balaban J connectivity index is 0. The Morgan fingerprint density at radius 3 is 2.06 bits per heavy atom. The molecule has 1 aromatic rings. The molecule has 2 aliphatic carbocycles. The average molecular weight is 479 g/mol. The predicted octanol–water partition coefficient (Wildman–Crippen LogP) is 7.08. The van der Waals surface area contributed by atoms with Gasteiger partial charge >= 0.3 is 6.61 Å². The van der Waals surface area contributed by atoms with Gasteiger partial charge in [0.2, 0.25) is 0 Å². The Labute approximate surface area is 197 Å². The second-order valence-electron chi connectivity index (χ2n) is 7.05. The summed E-state index contributed by atoms with van der Waals surface area (Å²) in [5.74, 6) is -0.517. The maximum Gasteiger partial charge on any atom is 0.345 e. The molecule has 1 aromatic heterocycles. The van der Waals surface area contributed by atoms with Gasteiger partial charge in [0.25, 0.3) is 5.91 Å². The normalized spacial score (nSPS) is 18.4. The smallest absolute Gasteiger partial charge is 0.345 e. The fraction of sp³-hybridized carbons (Fsp3) is 0.750. The van der Waals surface area contributed by atoms with Crippen molar-refractivity contribution in [1.82, 2.24) is 0 Å². The lowest BCUT2D eigenvalue weighted by atomic mass is 9.70. The van der Waals surface area contributed by atoms with Crippen LogP contribution in [0.4, 0.5) is 13.8 Å². The number of nitrogens with two attached hydrogens (primary N) is 2. The number of alkyl halides is 2. The van der Waals surface area contributed by atoms with Gasteiger partial charge in [-0.05, 0) is 30.7 Å². The number of thiophene rings is 1. The standard InChI is InChI=1S/C15H18F2N2O3S.C3H8.3C2H6/c16-14(17)22-6-15(5-7-1-2-7)4-3-8-9(12(18)21)13(19)23-10(8)11(15)20;1-3-2;3*1-2/h7,14H,1-6,19H2,(H2,18,21);3H2,1-2H3;3*1-2H3. The fourth-order valence-electron chi connectivity index (χ4n) is 3.38. The van der Waals surface area contributed by atoms with E-state index in [0.717, 1.165) is 24.2 Å². The third-order valence-corrected chi connectivity index (χ3v) is 5.74. The summed E-state index contributed by atoms with van der Waals surface area (Å²) in [5.41, 5.74) is 11.0. The number of carbonyl (C=O) groups excluding carboxylic acids is 2. The first kappa shape index (κ1) is 32.6. The van der Waals surface area contributed by atoms with E-state index in [2.05, 4.69) is 18.6 Å². The molecule has 3 rings (SSSR count). The first-order chi connectivity index (χ1) is 15.3. The van der Waals surface area contributed by atoms with Crippen molar-refractivity contribution < 1.29 is 23.1 Å². The lowest BCUT2D eigenvalue weighted by Gasteiger charge is -2.35. The van der Waals surface area contributed by atoms with Crippen molar-refractivity contribution in [1.29, 1.82) is 0 Å². The molecule has 32 heavy (non-hydrogen) atoms. The van der Waals surface area contributed by atoms with Gasteiger partial charge in [-0.2, -0.15) is 8.78 Å². The molecule has 188 valence electrons. The van der Waals surface area contributed by atoms with Crippen molar-refractivity contribution in [3.05, 3.63) is 16.0 Å². The van der Waals surface area contributed by atoms with Crippen LogP contribution in [0.1, 0.15) is 113 Å². The van der Waals surface area contributed by atoms with E-state index in [9.17, 15) is 18.4 Å². The van der Waals surface area contributed by atoms with Gasteiger partial charge in [-0.3, -0.25) is 9.59 Å². The molecule has 0 saturated heterocycles. The SMILES string of the molecule is CC.CC.CC.CCC.NC(=O)c1c(N)sc2c1CCC(COC(F)F)(CC1CC1)C2=O. The lowest BCUT2D eigenvalue weighted by molar-refractivity contribution is -0.148. The monoisotopic (exact) mass is 478 g/mol. The van der Waals surface area contributed by atoms with E-state index in [1.54, 1.807) is 0 Å². The first-order valence-electron chi connectivity index (χ1n) is 11.9. The van der Waals surface area contributed by atoms with Crippen LogP contribution >= 0.6 is 11.3 Å². The van der Waals surface area contributed by atoms with Gasteiger partial charge in [0.15, 0.2) is 5.78 Å². The van der Waals surface area contributed by atoms with E-state index in [1.165, 1.54) is 6.42 Å². The summed E-state index contributed by atoms with van der Waals surface area (Å²) in [6.07, 6.45) is 4.61. The molecule has 1 unspecified atom stereocenters. The largest absolute Gasteiger partial charge is 0.390 e. The summed E-state index contributed by atoms with van der Waals surface area (Å²) in [6, 6.07) is 0. The quantitative estimate of drug-likeness (QED) is 0.457. The topological polar surface area (TPSA) is 95.4 Å². The molecular weight excluding hydrogens is 434 g/mol. The molecule has 8 heteroatoms. The van der Waals surface area contributed by atoms with Crippen LogP contribution in [0.2, 0.25) is 0 Å². The van der Waals surface area contributed by atoms with Gasteiger partial charge in [0.05, 0.1) is 27.5 Å². The summed E-state index contributed by atoms with van der Waals surface area (Å²) in [7, 11) is 0. The Kier molecular flexibility index (Phi) is 17.3. The highest BCUT2D eigenvalue weighted by Crippen LogP contribution is 2.50. The van der Waals surface area contributed by atoms with Gasteiger partial charge in [-0.15, -0.1) is 11.3 Å². The van der Waals surface area contributed by atoms with Crippen LogP contribution in [0.15, 0.2) is 0 Å². The minimum Gasteiger partial charge on any atom is -0.390 e. The van der Waals surface area contributed by atoms with Crippen molar-refractivity contribution in [3.8, 4) is 0 Å². The molecule has 2 aliphatic rings. The van der Waals surface area contributed by atoms with Crippen LogP contribution < -0.4 is 11.5 Å². The van der Waals surface area contributed by atoms with Crippen molar-refractivity contribution in [2.75, 3.05) is 12.3 Å². The van der Waals surface area contributed by atoms with Gasteiger partial charge in [-0.25, -0.2) is 0 Å². The third-order valence-electron chi connectivity index (χ3n) is 4.68. The van der Waals surface area contributed by atoms with Gasteiger partial charge < -0.3 is 16.2 Å². The third kappa shape index (κ3) is 9.14. The Morgan fingerprint density at radius 1 is 1.16 bits per heavy atom. The highest BCUT2D eigenvalue weighted by molar-refractivity contribution is 7.18. The Morgan fingerprint density at radius 2 is 1.66 bits per heavy atom. The second kappa shape index (κ2) is 17.0. The molecule has 0 aliphatic heterocycles. The van der Waals surface area contributed by atoms with Crippen LogP contribution in [-0.4, -0.2) is 24.9 Å². The summed E-state index contributed by atoms with van der Waals surface area (Å²) in [6.45, 7) is 13.0. The van der Waals surface area contributed by atoms with Gasteiger partial charge in [0.1, 0.15) is 0 Å². The molecule has 0 aromatic carbocycles. The van der Waals surface area contributed by atoms with Crippen LogP contribution in [0, 0.1) is 11.3 Å². The van der Waals surface area contributed by atoms with Crippen molar-refractivity contribution in [2.45, 2.75) is 101 Å². The van der Waals surface area contributed by atoms with E-state index >= 15 is 0 Å². The zero-order valence-electron chi connectivity index (χ0n) is 21.1. The molecule has 1 fully saturated rings. The molecule has 1 saturated carbocycles.